The van der Waals surface area contributed by atoms with Gasteiger partial charge < -0.3 is 0 Å². The first-order valence-corrected chi connectivity index (χ1v) is 10.8. The molecule has 1 aromatic carbocycles. The first-order valence-electron chi connectivity index (χ1n) is 10.4. The van der Waals surface area contributed by atoms with E-state index in [0.717, 1.165) is 38.5 Å². The van der Waals surface area contributed by atoms with Gasteiger partial charge in [-0.25, -0.2) is 8.78 Å². The van der Waals surface area contributed by atoms with Crippen molar-refractivity contribution in [1.29, 1.82) is 0 Å². The summed E-state index contributed by atoms with van der Waals surface area (Å²) in [7, 11) is 0. The predicted octanol–water partition coefficient (Wildman–Crippen LogP) is 8.21. The van der Waals surface area contributed by atoms with Crippen molar-refractivity contribution in [2.75, 3.05) is 0 Å². The summed E-state index contributed by atoms with van der Waals surface area (Å²) in [6.45, 7) is 2.21. The summed E-state index contributed by atoms with van der Waals surface area (Å²) in [5, 5.41) is 0. The smallest absolute Gasteiger partial charge is 0.162 e. The van der Waals surface area contributed by atoms with Crippen molar-refractivity contribution >= 4 is 11.6 Å². The molecule has 1 fully saturated rings. The number of benzene rings is 1. The molecule has 1 aliphatic rings. The first kappa shape index (κ1) is 21.4. The van der Waals surface area contributed by atoms with Crippen LogP contribution in [0, 0.1) is 11.6 Å². The van der Waals surface area contributed by atoms with Gasteiger partial charge in [0.2, 0.25) is 0 Å². The van der Waals surface area contributed by atoms with Crippen LogP contribution in [0.3, 0.4) is 0 Å². The second kappa shape index (κ2) is 11.1. The second-order valence-electron chi connectivity index (χ2n) is 7.81. The van der Waals surface area contributed by atoms with Crippen LogP contribution in [0.1, 0.15) is 95.1 Å². The normalized spacial score (nSPS) is 17.1. The summed E-state index contributed by atoms with van der Waals surface area (Å²) in [6.07, 6.45) is 15.4. The predicted molar refractivity (Wildman–Crippen MR) is 108 cm³/mol. The maximum Gasteiger partial charge on any atom is 0.162 e. The van der Waals surface area contributed by atoms with Crippen LogP contribution in [0.5, 0.6) is 0 Å². The van der Waals surface area contributed by atoms with E-state index < -0.39 is 11.6 Å². The third-order valence-corrected chi connectivity index (χ3v) is 6.15. The average Bonchev–Trinajstić information content (AvgIpc) is 2.66. The highest BCUT2D eigenvalue weighted by Gasteiger charge is 2.36. The topological polar surface area (TPSA) is 0 Å². The van der Waals surface area contributed by atoms with Crippen LogP contribution in [0.25, 0.3) is 0 Å². The van der Waals surface area contributed by atoms with Crippen molar-refractivity contribution in [2.24, 2.45) is 0 Å². The van der Waals surface area contributed by atoms with Crippen LogP contribution >= 0.6 is 11.6 Å². The zero-order chi connectivity index (χ0) is 18.8. The maximum absolute atomic E-state index is 15.0. The Morgan fingerprint density at radius 3 is 2.42 bits per heavy atom. The lowest BCUT2D eigenvalue weighted by Gasteiger charge is -2.38. The van der Waals surface area contributed by atoms with E-state index in [9.17, 15) is 4.39 Å². The van der Waals surface area contributed by atoms with Crippen LogP contribution in [0.2, 0.25) is 0 Å². The van der Waals surface area contributed by atoms with Gasteiger partial charge in [0, 0.05) is 5.54 Å². The molecular formula is C23H33ClF2. The lowest BCUT2D eigenvalue weighted by Crippen LogP contribution is -2.30. The largest absolute Gasteiger partial charge is 0.203 e. The second-order valence-corrected chi connectivity index (χ2v) is 8.06. The van der Waals surface area contributed by atoms with Crippen molar-refractivity contribution < 1.29 is 8.78 Å². The summed E-state index contributed by atoms with van der Waals surface area (Å²) < 4.78 is 29.7. The molecule has 0 saturated heterocycles. The van der Waals surface area contributed by atoms with Gasteiger partial charge in [-0.3, -0.25) is 0 Å². The van der Waals surface area contributed by atoms with Crippen LogP contribution in [-0.4, -0.2) is 0 Å². The Morgan fingerprint density at radius 1 is 1.00 bits per heavy atom. The molecule has 0 amide bonds. The van der Waals surface area contributed by atoms with E-state index in [-0.39, 0.29) is 5.41 Å². The van der Waals surface area contributed by atoms with E-state index in [0.29, 0.717) is 24.0 Å². The SMILES string of the molecule is CCCCCCCC1(c2ccc(CC/C=C/Cl)c(F)c2F)CCCCC1. The molecule has 26 heavy (non-hydrogen) atoms. The monoisotopic (exact) mass is 382 g/mol. The minimum Gasteiger partial charge on any atom is -0.203 e. The number of hydrogen-bond acceptors (Lipinski definition) is 0. The van der Waals surface area contributed by atoms with Crippen LogP contribution in [0.15, 0.2) is 23.7 Å². The summed E-state index contributed by atoms with van der Waals surface area (Å²) >= 11 is 5.52. The molecule has 0 atom stereocenters. The molecule has 0 bridgehead atoms. The minimum atomic E-state index is -0.651. The molecule has 146 valence electrons. The van der Waals surface area contributed by atoms with E-state index in [2.05, 4.69) is 6.92 Å². The fourth-order valence-corrected chi connectivity index (χ4v) is 4.57. The van der Waals surface area contributed by atoms with Gasteiger partial charge in [0.15, 0.2) is 11.6 Å². The van der Waals surface area contributed by atoms with Gasteiger partial charge in [-0.1, -0.05) is 88.1 Å². The Bertz CT molecular complexity index is 574. The summed E-state index contributed by atoms with van der Waals surface area (Å²) in [5.41, 5.74) is 2.35. The lowest BCUT2D eigenvalue weighted by molar-refractivity contribution is 0.254. The number of unbranched alkanes of at least 4 members (excludes halogenated alkanes) is 4. The Kier molecular flexibility index (Phi) is 9.11. The van der Waals surface area contributed by atoms with Gasteiger partial charge >= 0.3 is 0 Å². The van der Waals surface area contributed by atoms with E-state index in [1.807, 2.05) is 6.07 Å². The molecule has 2 rings (SSSR count). The average molecular weight is 383 g/mol. The van der Waals surface area contributed by atoms with E-state index in [4.69, 9.17) is 11.6 Å². The third kappa shape index (κ3) is 5.55. The van der Waals surface area contributed by atoms with Gasteiger partial charge in [0.05, 0.1) is 0 Å². The van der Waals surface area contributed by atoms with Gasteiger partial charge in [-0.2, -0.15) is 0 Å². The highest BCUT2D eigenvalue weighted by Crippen LogP contribution is 2.45. The lowest BCUT2D eigenvalue weighted by atomic mass is 9.66. The van der Waals surface area contributed by atoms with E-state index in [1.54, 1.807) is 12.1 Å². The zero-order valence-corrected chi connectivity index (χ0v) is 16.9. The van der Waals surface area contributed by atoms with Crippen molar-refractivity contribution in [3.05, 3.63) is 46.5 Å². The number of rotatable bonds is 10. The molecule has 3 heteroatoms. The molecule has 1 saturated carbocycles. The molecular weight excluding hydrogens is 350 g/mol. The quantitative estimate of drug-likeness (QED) is 0.357. The van der Waals surface area contributed by atoms with Crippen LogP contribution in [0.4, 0.5) is 8.78 Å². The molecule has 0 radical (unpaired) electrons. The number of aryl methyl sites for hydroxylation is 1. The Hall–Kier alpha value is -0.890. The number of allylic oxidation sites excluding steroid dienone is 1. The molecule has 0 nitrogen and oxygen atoms in total. The first-order chi connectivity index (χ1) is 12.6. The van der Waals surface area contributed by atoms with Crippen LogP contribution in [-0.2, 0) is 11.8 Å². The van der Waals surface area contributed by atoms with Gasteiger partial charge in [0.25, 0.3) is 0 Å². The molecule has 0 unspecified atom stereocenters. The summed E-state index contributed by atoms with van der Waals surface area (Å²) in [4.78, 5) is 0. The zero-order valence-electron chi connectivity index (χ0n) is 16.1. The molecule has 1 aliphatic carbocycles. The fraction of sp³-hybridized carbons (Fsp3) is 0.652. The molecule has 0 aromatic heterocycles. The molecule has 0 N–H and O–H groups in total. The Balaban J connectivity index is 2.17. The van der Waals surface area contributed by atoms with Gasteiger partial charge in [-0.05, 0) is 48.6 Å². The van der Waals surface area contributed by atoms with Crippen molar-refractivity contribution in [1.82, 2.24) is 0 Å². The fourth-order valence-electron chi connectivity index (χ4n) is 4.44. The third-order valence-electron chi connectivity index (χ3n) is 5.97. The van der Waals surface area contributed by atoms with Crippen molar-refractivity contribution in [3.8, 4) is 0 Å². The number of halogens is 3. The van der Waals surface area contributed by atoms with Gasteiger partial charge in [0.1, 0.15) is 0 Å². The van der Waals surface area contributed by atoms with E-state index >= 15 is 4.39 Å². The molecule has 0 heterocycles. The number of hydrogen-bond donors (Lipinski definition) is 0. The van der Waals surface area contributed by atoms with Crippen molar-refractivity contribution in [2.45, 2.75) is 95.8 Å². The van der Waals surface area contributed by atoms with Gasteiger partial charge in [-0.15, -0.1) is 0 Å². The summed E-state index contributed by atoms with van der Waals surface area (Å²) in [6, 6.07) is 3.67. The Morgan fingerprint density at radius 2 is 1.73 bits per heavy atom. The highest BCUT2D eigenvalue weighted by atomic mass is 35.5. The maximum atomic E-state index is 15.0. The van der Waals surface area contributed by atoms with Crippen LogP contribution < -0.4 is 0 Å². The van der Waals surface area contributed by atoms with Crippen molar-refractivity contribution in [3.63, 3.8) is 0 Å². The van der Waals surface area contributed by atoms with E-state index in [1.165, 1.54) is 37.6 Å². The minimum absolute atomic E-state index is 0.163. The summed E-state index contributed by atoms with van der Waals surface area (Å²) in [5.74, 6) is -1.26. The standard InChI is InChI=1S/C23H33ClF2/c1-2-3-4-5-8-15-23(16-9-6-10-17-23)20-14-13-19(12-7-11-18-24)21(25)22(20)26/h11,13-14,18H,2-10,12,15-17H2,1H3/b18-11+. The Labute approximate surface area is 163 Å². The molecule has 0 aliphatic heterocycles. The highest BCUT2D eigenvalue weighted by molar-refractivity contribution is 6.25. The molecule has 0 spiro atoms. The molecule has 1 aromatic rings.